The van der Waals surface area contributed by atoms with E-state index < -0.39 is 59.9 Å². The molecule has 5 amide bonds. The van der Waals surface area contributed by atoms with Crippen LogP contribution in [0.4, 0.5) is 0 Å². The van der Waals surface area contributed by atoms with Crippen molar-refractivity contribution < 1.29 is 33.9 Å². The van der Waals surface area contributed by atoms with Crippen molar-refractivity contribution in [2.75, 3.05) is 13.1 Å². The molecule has 1 aliphatic heterocycles. The molecule has 1 aliphatic rings. The van der Waals surface area contributed by atoms with Gasteiger partial charge in [-0.25, -0.2) is 4.98 Å². The quantitative estimate of drug-likeness (QED) is 0.0951. The number of aromatic nitrogens is 2. The standard InChI is InChI=1S/C37H56N8O7/c1-6-23(4)33(34(38)49)40-20-27(47)18-32(48)28(15-22(2)3)42-36(51)30(17-26-19-39-21-41-26)43-35(50)29(16-25-11-8-7-9-12-25)44-37(52)31-13-10-14-45(31)24(5)46/h7-9,11-12,19,21-23,28-33,40,48H,6,10,13-18,20H2,1-5H3,(H2,38,49)(H,39,41)(H,42,51)(H,43,50)(H,44,52)/t23-,28?,29-,30-,31-,32?,33-/m0/s1. The Bertz CT molecular complexity index is 1490. The number of hydrogen-bond acceptors (Lipinski definition) is 9. The molecule has 0 aliphatic carbocycles. The first-order valence-corrected chi connectivity index (χ1v) is 18.1. The summed E-state index contributed by atoms with van der Waals surface area (Å²) in [5.41, 5.74) is 6.85. The lowest BCUT2D eigenvalue weighted by molar-refractivity contribution is -0.138. The lowest BCUT2D eigenvalue weighted by Crippen LogP contribution is -2.59. The van der Waals surface area contributed by atoms with Crippen LogP contribution in [0, 0.1) is 11.8 Å². The predicted octanol–water partition coefficient (Wildman–Crippen LogP) is 0.516. The molecule has 2 unspecified atom stereocenters. The number of H-pyrrole nitrogens is 1. The van der Waals surface area contributed by atoms with Gasteiger partial charge in [-0.15, -0.1) is 0 Å². The molecule has 15 heteroatoms. The molecule has 0 saturated carbocycles. The van der Waals surface area contributed by atoms with Gasteiger partial charge in [0.05, 0.1) is 31.1 Å². The molecule has 0 bridgehead atoms. The Balaban J connectivity index is 1.79. The number of aromatic amines is 1. The van der Waals surface area contributed by atoms with Crippen molar-refractivity contribution in [2.24, 2.45) is 17.6 Å². The van der Waals surface area contributed by atoms with E-state index in [9.17, 15) is 33.9 Å². The molecule has 15 nitrogen and oxygen atoms in total. The van der Waals surface area contributed by atoms with Crippen molar-refractivity contribution in [2.45, 2.75) is 116 Å². The molecule has 7 atom stereocenters. The fourth-order valence-electron chi connectivity index (χ4n) is 6.43. The number of nitrogens with zero attached hydrogens (tertiary/aromatic N) is 2. The number of likely N-dealkylation sites (tertiary alicyclic amines) is 1. The first-order valence-electron chi connectivity index (χ1n) is 18.1. The van der Waals surface area contributed by atoms with Gasteiger partial charge in [-0.05, 0) is 36.7 Å². The molecule has 1 fully saturated rings. The Morgan fingerprint density at radius 1 is 1.00 bits per heavy atom. The van der Waals surface area contributed by atoms with Crippen molar-refractivity contribution in [3.63, 3.8) is 0 Å². The summed E-state index contributed by atoms with van der Waals surface area (Å²) < 4.78 is 0. The van der Waals surface area contributed by atoms with E-state index in [-0.39, 0.29) is 49.3 Å². The largest absolute Gasteiger partial charge is 0.391 e. The third-order valence-electron chi connectivity index (χ3n) is 9.48. The van der Waals surface area contributed by atoms with E-state index >= 15 is 0 Å². The molecule has 8 N–H and O–H groups in total. The molecule has 2 aromatic rings. The van der Waals surface area contributed by atoms with Crippen LogP contribution in [0.3, 0.4) is 0 Å². The highest BCUT2D eigenvalue weighted by atomic mass is 16.3. The van der Waals surface area contributed by atoms with E-state index in [2.05, 4.69) is 31.2 Å². The number of hydrogen-bond donors (Lipinski definition) is 7. The number of ketones is 1. The van der Waals surface area contributed by atoms with Crippen LogP contribution >= 0.6 is 0 Å². The van der Waals surface area contributed by atoms with Crippen LogP contribution in [-0.2, 0) is 41.6 Å². The highest BCUT2D eigenvalue weighted by Crippen LogP contribution is 2.18. The number of aliphatic hydroxyl groups is 1. The number of amides is 5. The number of benzene rings is 1. The number of nitrogens with one attached hydrogen (secondary N) is 5. The van der Waals surface area contributed by atoms with E-state index in [1.165, 1.54) is 24.3 Å². The number of Topliss-reactive ketones (excluding diaryl/α,β-unsaturated/α-hetero) is 1. The minimum absolute atomic E-state index is 0.0157. The number of rotatable bonds is 21. The minimum atomic E-state index is -1.26. The van der Waals surface area contributed by atoms with Gasteiger partial charge in [-0.3, -0.25) is 34.1 Å². The SMILES string of the molecule is CC[C@H](C)[C@H](NCC(=O)CC(O)C(CC(C)C)NC(=O)[C@H](Cc1cnc[nH]1)NC(=O)[C@H](Cc1ccccc1)NC(=O)[C@@H]1CCCN1C(C)=O)C(N)=O. The number of primary amides is 1. The molecule has 0 radical (unpaired) electrons. The van der Waals surface area contributed by atoms with Crippen LogP contribution in [0.5, 0.6) is 0 Å². The third kappa shape index (κ3) is 12.9. The second kappa shape index (κ2) is 20.4. The molecule has 1 aromatic heterocycles. The summed E-state index contributed by atoms with van der Waals surface area (Å²) in [5, 5.41) is 22.6. The molecular weight excluding hydrogens is 668 g/mol. The molecule has 2 heterocycles. The summed E-state index contributed by atoms with van der Waals surface area (Å²) in [6.45, 7) is 9.26. The fourth-order valence-corrected chi connectivity index (χ4v) is 6.43. The summed E-state index contributed by atoms with van der Waals surface area (Å²) >= 11 is 0. The number of imidazole rings is 1. The van der Waals surface area contributed by atoms with Crippen molar-refractivity contribution in [1.29, 1.82) is 0 Å². The van der Waals surface area contributed by atoms with Gasteiger partial charge < -0.3 is 36.7 Å². The Hall–Kier alpha value is -4.63. The Labute approximate surface area is 305 Å². The van der Waals surface area contributed by atoms with Crippen molar-refractivity contribution in [1.82, 2.24) is 36.1 Å². The predicted molar refractivity (Wildman–Crippen MR) is 194 cm³/mol. The first-order chi connectivity index (χ1) is 24.7. The normalized spacial score (nSPS) is 17.8. The van der Waals surface area contributed by atoms with Gasteiger partial charge in [0.2, 0.25) is 29.5 Å². The van der Waals surface area contributed by atoms with Gasteiger partial charge in [0.25, 0.3) is 0 Å². The Morgan fingerprint density at radius 3 is 2.27 bits per heavy atom. The van der Waals surface area contributed by atoms with E-state index in [4.69, 9.17) is 5.73 Å². The van der Waals surface area contributed by atoms with E-state index in [1.54, 1.807) is 0 Å². The lowest BCUT2D eigenvalue weighted by atomic mass is 9.95. The van der Waals surface area contributed by atoms with Gasteiger partial charge in [-0.2, -0.15) is 0 Å². The molecule has 3 rings (SSSR count). The second-order valence-corrected chi connectivity index (χ2v) is 14.2. The number of carbonyl (C=O) groups excluding carboxylic acids is 6. The van der Waals surface area contributed by atoms with E-state index in [0.29, 0.717) is 37.9 Å². The maximum absolute atomic E-state index is 14.0. The highest BCUT2D eigenvalue weighted by molar-refractivity contribution is 5.94. The van der Waals surface area contributed by atoms with Crippen LogP contribution in [-0.4, -0.2) is 105 Å². The van der Waals surface area contributed by atoms with Gasteiger partial charge in [0.1, 0.15) is 23.9 Å². The third-order valence-corrected chi connectivity index (χ3v) is 9.48. The van der Waals surface area contributed by atoms with Crippen LogP contribution in [0.1, 0.15) is 78.0 Å². The molecule has 286 valence electrons. The molecule has 1 aromatic carbocycles. The summed E-state index contributed by atoms with van der Waals surface area (Å²) in [6, 6.07) is 4.62. The summed E-state index contributed by atoms with van der Waals surface area (Å²) in [4.78, 5) is 86.9. The number of nitrogens with two attached hydrogens (primary N) is 1. The zero-order valence-electron chi connectivity index (χ0n) is 30.9. The zero-order chi connectivity index (χ0) is 38.4. The highest BCUT2D eigenvalue weighted by Gasteiger charge is 2.36. The molecule has 0 spiro atoms. The minimum Gasteiger partial charge on any atom is -0.391 e. The van der Waals surface area contributed by atoms with Gasteiger partial charge in [0, 0.05) is 44.6 Å². The molecule has 52 heavy (non-hydrogen) atoms. The van der Waals surface area contributed by atoms with Crippen molar-refractivity contribution in [3.8, 4) is 0 Å². The van der Waals surface area contributed by atoms with E-state index in [0.717, 1.165) is 5.56 Å². The molecule has 1 saturated heterocycles. The summed E-state index contributed by atoms with van der Waals surface area (Å²) in [5.74, 6) is -2.90. The average molecular weight is 725 g/mol. The van der Waals surface area contributed by atoms with Crippen LogP contribution in [0.15, 0.2) is 42.9 Å². The Morgan fingerprint density at radius 2 is 1.67 bits per heavy atom. The Kier molecular flexibility index (Phi) is 16.4. The smallest absolute Gasteiger partial charge is 0.243 e. The van der Waals surface area contributed by atoms with Crippen LogP contribution in [0.2, 0.25) is 0 Å². The number of carbonyl (C=O) groups is 6. The average Bonchev–Trinajstić information content (AvgIpc) is 3.80. The van der Waals surface area contributed by atoms with Gasteiger partial charge in [0.15, 0.2) is 0 Å². The lowest BCUT2D eigenvalue weighted by Gasteiger charge is -2.29. The summed E-state index contributed by atoms with van der Waals surface area (Å²) in [6.07, 6.45) is 3.69. The monoisotopic (exact) mass is 724 g/mol. The van der Waals surface area contributed by atoms with Crippen molar-refractivity contribution >= 4 is 35.3 Å². The maximum atomic E-state index is 14.0. The van der Waals surface area contributed by atoms with E-state index in [1.807, 2.05) is 58.0 Å². The number of aliphatic hydroxyl groups excluding tert-OH is 1. The zero-order valence-corrected chi connectivity index (χ0v) is 30.9. The second-order valence-electron chi connectivity index (χ2n) is 14.2. The van der Waals surface area contributed by atoms with Crippen LogP contribution < -0.4 is 27.0 Å². The topological polar surface area (TPSA) is 229 Å². The van der Waals surface area contributed by atoms with Crippen molar-refractivity contribution in [3.05, 3.63) is 54.1 Å². The summed E-state index contributed by atoms with van der Waals surface area (Å²) in [7, 11) is 0. The van der Waals surface area contributed by atoms with Crippen LogP contribution in [0.25, 0.3) is 0 Å². The maximum Gasteiger partial charge on any atom is 0.243 e. The first kappa shape index (κ1) is 41.8. The van der Waals surface area contributed by atoms with Gasteiger partial charge >= 0.3 is 0 Å². The molecular formula is C37H56N8O7. The fraction of sp³-hybridized carbons (Fsp3) is 0.595. The van der Waals surface area contributed by atoms with Gasteiger partial charge in [-0.1, -0.05) is 64.4 Å².